The van der Waals surface area contributed by atoms with Crippen LogP contribution >= 0.6 is 0 Å². The highest BCUT2D eigenvalue weighted by atomic mass is 16.8. The van der Waals surface area contributed by atoms with Crippen molar-refractivity contribution in [3.05, 3.63) is 144 Å². The molecule has 308 valence electrons. The number of hydrogen-bond donors (Lipinski definition) is 2. The molecule has 0 bridgehead atoms. The summed E-state index contributed by atoms with van der Waals surface area (Å²) in [6.07, 6.45) is -7.84. The number of nitrogens with one attached hydrogen (secondary N) is 2. The smallest absolute Gasteiger partial charge is 0.246 e. The number of rotatable bonds is 15. The minimum absolute atomic E-state index is 0.0441. The van der Waals surface area contributed by atoms with Crippen LogP contribution in [0.1, 0.15) is 29.2 Å². The Morgan fingerprint density at radius 2 is 1.19 bits per heavy atom. The first-order valence-electron chi connectivity index (χ1n) is 19.7. The van der Waals surface area contributed by atoms with Gasteiger partial charge in [0.1, 0.15) is 55.4 Å². The Hall–Kier alpha value is -4.54. The molecule has 0 aliphatic carbocycles. The van der Waals surface area contributed by atoms with Crippen molar-refractivity contribution in [3.8, 4) is 0 Å². The van der Waals surface area contributed by atoms with Crippen LogP contribution in [0.3, 0.4) is 0 Å². The van der Waals surface area contributed by atoms with Gasteiger partial charge in [0.2, 0.25) is 11.8 Å². The van der Waals surface area contributed by atoms with Crippen LogP contribution in [0, 0.1) is 0 Å². The molecule has 3 aliphatic heterocycles. The van der Waals surface area contributed by atoms with E-state index in [0.717, 1.165) is 22.3 Å². The molecule has 0 spiro atoms. The quantitative estimate of drug-likeness (QED) is 0.176. The van der Waals surface area contributed by atoms with Crippen LogP contribution < -0.4 is 10.6 Å². The van der Waals surface area contributed by atoms with Crippen molar-refractivity contribution in [3.63, 3.8) is 0 Å². The molecule has 3 saturated heterocycles. The molecule has 3 aliphatic rings. The summed E-state index contributed by atoms with van der Waals surface area (Å²) in [7, 11) is 1.49. The largest absolute Gasteiger partial charge is 0.374 e. The van der Waals surface area contributed by atoms with Crippen molar-refractivity contribution in [2.24, 2.45) is 0 Å². The van der Waals surface area contributed by atoms with Crippen LogP contribution in [0.4, 0.5) is 0 Å². The first kappa shape index (κ1) is 41.6. The average molecular weight is 797 g/mol. The molecule has 13 heteroatoms. The molecule has 2 amide bonds. The number of amides is 2. The summed E-state index contributed by atoms with van der Waals surface area (Å²) in [5, 5.41) is 5.89. The minimum atomic E-state index is -1.13. The van der Waals surface area contributed by atoms with Gasteiger partial charge in [-0.2, -0.15) is 0 Å². The van der Waals surface area contributed by atoms with Gasteiger partial charge in [-0.1, -0.05) is 121 Å². The van der Waals surface area contributed by atoms with Gasteiger partial charge >= 0.3 is 0 Å². The van der Waals surface area contributed by atoms with Crippen molar-refractivity contribution >= 4 is 11.8 Å². The fourth-order valence-electron chi connectivity index (χ4n) is 7.47. The summed E-state index contributed by atoms with van der Waals surface area (Å²) < 4.78 is 59.0. The van der Waals surface area contributed by atoms with E-state index in [4.69, 9.17) is 42.6 Å². The minimum Gasteiger partial charge on any atom is -0.374 e. The Morgan fingerprint density at radius 3 is 1.72 bits per heavy atom. The zero-order chi connectivity index (χ0) is 40.1. The fourth-order valence-corrected chi connectivity index (χ4v) is 7.47. The summed E-state index contributed by atoms with van der Waals surface area (Å²) in [5.74, 6) is -0.686. The lowest BCUT2D eigenvalue weighted by Crippen LogP contribution is -2.69. The van der Waals surface area contributed by atoms with Gasteiger partial charge in [0.25, 0.3) is 0 Å². The van der Waals surface area contributed by atoms with E-state index in [1.165, 1.54) is 14.0 Å². The van der Waals surface area contributed by atoms with Gasteiger partial charge in [0, 0.05) is 20.6 Å². The predicted octanol–water partition coefficient (Wildman–Crippen LogP) is 4.46. The number of hydrogen-bond acceptors (Lipinski definition) is 11. The van der Waals surface area contributed by atoms with Gasteiger partial charge in [-0.15, -0.1) is 0 Å². The van der Waals surface area contributed by atoms with Crippen molar-refractivity contribution in [2.75, 3.05) is 26.9 Å². The third-order valence-electron chi connectivity index (χ3n) is 10.3. The third-order valence-corrected chi connectivity index (χ3v) is 10.3. The molecule has 7 rings (SSSR count). The van der Waals surface area contributed by atoms with E-state index in [-0.39, 0.29) is 51.4 Å². The highest BCUT2D eigenvalue weighted by Gasteiger charge is 2.54. The van der Waals surface area contributed by atoms with E-state index in [0.29, 0.717) is 6.61 Å². The van der Waals surface area contributed by atoms with Crippen LogP contribution in [-0.2, 0) is 78.6 Å². The number of fused-ring (bicyclic) bond motifs is 2. The molecule has 3 fully saturated rings. The van der Waals surface area contributed by atoms with Crippen LogP contribution in [0.15, 0.2) is 121 Å². The van der Waals surface area contributed by atoms with E-state index in [2.05, 4.69) is 10.6 Å². The molecule has 0 radical (unpaired) electrons. The van der Waals surface area contributed by atoms with E-state index < -0.39 is 61.3 Å². The van der Waals surface area contributed by atoms with Crippen molar-refractivity contribution in [2.45, 2.75) is 94.7 Å². The number of methoxy groups -OCH3 is 1. The molecule has 13 nitrogen and oxygen atoms in total. The van der Waals surface area contributed by atoms with Crippen LogP contribution in [0.5, 0.6) is 0 Å². The Balaban J connectivity index is 1.25. The van der Waals surface area contributed by atoms with E-state index >= 15 is 0 Å². The SMILES string of the molecule is CO[C@@H]1O[C@@H]2CNC(=O)CO[C@H]3[C@H](O[C@H]2[C@H](OCc2ccccc2)[C@H]1NC(C)=O)O[C@H](COCc1ccccc1)[C@H](OCc1ccccc1)[C@@H]3OCc1ccccc1. The monoisotopic (exact) mass is 796 g/mol. The van der Waals surface area contributed by atoms with Gasteiger partial charge in [-0.05, 0) is 22.3 Å². The molecule has 3 heterocycles. The molecule has 10 atom stereocenters. The van der Waals surface area contributed by atoms with Crippen molar-refractivity contribution < 1.29 is 52.2 Å². The maximum absolute atomic E-state index is 13.4. The normalized spacial score (nSPS) is 28.7. The zero-order valence-electron chi connectivity index (χ0n) is 32.8. The summed E-state index contributed by atoms with van der Waals surface area (Å²) in [6.45, 7) is 2.25. The second-order valence-corrected chi connectivity index (χ2v) is 14.5. The zero-order valence-corrected chi connectivity index (χ0v) is 32.8. The van der Waals surface area contributed by atoms with E-state index in [9.17, 15) is 9.59 Å². The van der Waals surface area contributed by atoms with Gasteiger partial charge in [-0.3, -0.25) is 9.59 Å². The Bertz CT molecular complexity index is 1840. The van der Waals surface area contributed by atoms with Gasteiger partial charge in [0.15, 0.2) is 12.6 Å². The summed E-state index contributed by atoms with van der Waals surface area (Å²) in [5.41, 5.74) is 3.79. The predicted molar refractivity (Wildman–Crippen MR) is 211 cm³/mol. The van der Waals surface area contributed by atoms with Gasteiger partial charge in [0.05, 0.1) is 33.0 Å². The van der Waals surface area contributed by atoms with Gasteiger partial charge < -0.3 is 53.3 Å². The fraction of sp³-hybridized carbons (Fsp3) is 0.422. The first-order valence-corrected chi connectivity index (χ1v) is 19.7. The Labute approximate surface area is 339 Å². The average Bonchev–Trinajstić information content (AvgIpc) is 3.25. The van der Waals surface area contributed by atoms with Crippen LogP contribution in [0.2, 0.25) is 0 Å². The second-order valence-electron chi connectivity index (χ2n) is 14.5. The maximum Gasteiger partial charge on any atom is 0.246 e. The van der Waals surface area contributed by atoms with E-state index in [1.54, 1.807) is 0 Å². The summed E-state index contributed by atoms with van der Waals surface area (Å²) >= 11 is 0. The molecule has 4 aromatic carbocycles. The number of carbonyl (C=O) groups is 2. The lowest BCUT2D eigenvalue weighted by Gasteiger charge is -2.50. The summed E-state index contributed by atoms with van der Waals surface area (Å²) in [6, 6.07) is 38.3. The van der Waals surface area contributed by atoms with Crippen molar-refractivity contribution in [1.82, 2.24) is 10.6 Å². The van der Waals surface area contributed by atoms with Crippen molar-refractivity contribution in [1.29, 1.82) is 0 Å². The number of benzene rings is 4. The molecule has 0 unspecified atom stereocenters. The Morgan fingerprint density at radius 1 is 0.672 bits per heavy atom. The number of carbonyl (C=O) groups excluding carboxylic acids is 2. The summed E-state index contributed by atoms with van der Waals surface area (Å²) in [4.78, 5) is 26.1. The molecule has 0 aromatic heterocycles. The lowest BCUT2D eigenvalue weighted by molar-refractivity contribution is -0.361. The lowest BCUT2D eigenvalue weighted by atomic mass is 9.94. The topological polar surface area (TPSA) is 141 Å². The third kappa shape index (κ3) is 11.1. The molecule has 2 N–H and O–H groups in total. The van der Waals surface area contributed by atoms with Crippen LogP contribution in [-0.4, -0.2) is 100 Å². The maximum atomic E-state index is 13.4. The molecule has 4 aromatic rings. The highest BCUT2D eigenvalue weighted by Crippen LogP contribution is 2.35. The van der Waals surface area contributed by atoms with Crippen LogP contribution in [0.25, 0.3) is 0 Å². The molecular weight excluding hydrogens is 744 g/mol. The van der Waals surface area contributed by atoms with E-state index in [1.807, 2.05) is 121 Å². The molecule has 58 heavy (non-hydrogen) atoms. The number of ether oxygens (including phenoxy) is 9. The van der Waals surface area contributed by atoms with Gasteiger partial charge in [-0.25, -0.2) is 0 Å². The standard InChI is InChI=1S/C45H52N2O11/c1-30(48)47-38-41(53-26-33-19-11-5-12-20-33)40-35(56-44(38)50-2)23-46-37(49)29-55-43-42(54-27-34-21-13-6-14-22-34)39(52-25-32-17-9-4-10-18-32)36(57-45(43)58-40)28-51-24-31-15-7-3-8-16-31/h3-22,35-36,38-45H,23-29H2,1-2H3,(H,46,49)(H,47,48)/t35-,36-,38-,39+,40-,41-,42+,43-,44-,45+/m1/s1. The molecule has 0 saturated carbocycles. The second kappa shape index (κ2) is 20.9. The Kier molecular flexibility index (Phi) is 15.0. The molecular formula is C45H52N2O11. The first-order chi connectivity index (χ1) is 28.4. The highest BCUT2D eigenvalue weighted by molar-refractivity contribution is 5.77.